The second-order valence-electron chi connectivity index (χ2n) is 3.75. The van der Waals surface area contributed by atoms with Crippen molar-refractivity contribution in [2.24, 2.45) is 11.7 Å². The van der Waals surface area contributed by atoms with Gasteiger partial charge in [0.15, 0.2) is 0 Å². The molecule has 0 amide bonds. The monoisotopic (exact) mass is 171 g/mol. The van der Waals surface area contributed by atoms with Gasteiger partial charge in [0.25, 0.3) is 0 Å². The van der Waals surface area contributed by atoms with Crippen molar-refractivity contribution in [3.05, 3.63) is 0 Å². The van der Waals surface area contributed by atoms with Gasteiger partial charge in [-0.1, -0.05) is 6.42 Å². The molecule has 12 heavy (non-hydrogen) atoms. The van der Waals surface area contributed by atoms with E-state index in [1.54, 1.807) is 0 Å². The van der Waals surface area contributed by atoms with E-state index in [1.807, 2.05) is 0 Å². The Kier molecular flexibility index (Phi) is 2.63. The molecule has 0 aromatic carbocycles. The highest BCUT2D eigenvalue weighted by Crippen LogP contribution is 2.30. The Balaban J connectivity index is 1.80. The van der Waals surface area contributed by atoms with E-state index in [0.717, 1.165) is 6.61 Å². The van der Waals surface area contributed by atoms with Crippen LogP contribution in [0.15, 0.2) is 0 Å². The van der Waals surface area contributed by atoms with Crippen molar-refractivity contribution in [2.45, 2.75) is 31.4 Å². The first-order valence-corrected chi connectivity index (χ1v) is 4.83. The van der Waals surface area contributed by atoms with Crippen molar-refractivity contribution in [3.8, 4) is 0 Å². The van der Waals surface area contributed by atoms with Crippen LogP contribution in [0, 0.1) is 5.92 Å². The summed E-state index contributed by atoms with van der Waals surface area (Å²) in [6.07, 6.45) is 4.05. The molecule has 70 valence electrons. The zero-order valence-corrected chi connectivity index (χ0v) is 7.37. The highest BCUT2D eigenvalue weighted by atomic mass is 16.6. The summed E-state index contributed by atoms with van der Waals surface area (Å²) in [6.45, 7) is 2.14. The molecule has 2 atom stereocenters. The number of rotatable bonds is 2. The molecule has 1 saturated heterocycles. The third-order valence-corrected chi connectivity index (χ3v) is 2.97. The molecule has 1 aliphatic heterocycles. The van der Waals surface area contributed by atoms with Crippen molar-refractivity contribution in [1.29, 1.82) is 0 Å². The normalized spacial score (nSPS) is 34.2. The summed E-state index contributed by atoms with van der Waals surface area (Å²) >= 11 is 0. The highest BCUT2D eigenvalue weighted by molar-refractivity contribution is 4.86. The minimum Gasteiger partial charge on any atom is -0.376 e. The van der Waals surface area contributed by atoms with E-state index >= 15 is 0 Å². The van der Waals surface area contributed by atoms with Crippen LogP contribution in [0.3, 0.4) is 0 Å². The van der Waals surface area contributed by atoms with Gasteiger partial charge in [-0.3, -0.25) is 0 Å². The van der Waals surface area contributed by atoms with E-state index < -0.39 is 0 Å². The van der Waals surface area contributed by atoms with Crippen molar-refractivity contribution in [1.82, 2.24) is 0 Å². The Morgan fingerprint density at radius 3 is 2.58 bits per heavy atom. The second kappa shape index (κ2) is 3.73. The van der Waals surface area contributed by atoms with Crippen molar-refractivity contribution >= 4 is 0 Å². The van der Waals surface area contributed by atoms with Gasteiger partial charge in [0.2, 0.25) is 0 Å². The Hall–Kier alpha value is -0.120. The molecule has 3 nitrogen and oxygen atoms in total. The lowest BCUT2D eigenvalue weighted by Gasteiger charge is -2.37. The lowest BCUT2D eigenvalue weighted by atomic mass is 9.78. The molecule has 1 aliphatic carbocycles. The summed E-state index contributed by atoms with van der Waals surface area (Å²) < 4.78 is 10.9. The van der Waals surface area contributed by atoms with Crippen molar-refractivity contribution in [2.75, 3.05) is 19.8 Å². The SMILES string of the molecule is NC(C1CCC1)C1COCCO1. The largest absolute Gasteiger partial charge is 0.376 e. The fourth-order valence-electron chi connectivity index (χ4n) is 1.86. The first kappa shape index (κ1) is 8.48. The molecule has 0 radical (unpaired) electrons. The van der Waals surface area contributed by atoms with Gasteiger partial charge in [-0.15, -0.1) is 0 Å². The molecule has 1 heterocycles. The summed E-state index contributed by atoms with van der Waals surface area (Å²) in [5, 5.41) is 0. The number of ether oxygens (including phenoxy) is 2. The molecule has 2 aliphatic rings. The van der Waals surface area contributed by atoms with Crippen LogP contribution in [-0.2, 0) is 9.47 Å². The number of hydrogen-bond acceptors (Lipinski definition) is 3. The predicted octanol–water partition coefficient (Wildman–Crippen LogP) is 0.529. The maximum absolute atomic E-state index is 6.05. The number of nitrogens with two attached hydrogens (primary N) is 1. The molecule has 3 heteroatoms. The van der Waals surface area contributed by atoms with Crippen LogP contribution < -0.4 is 5.73 Å². The summed E-state index contributed by atoms with van der Waals surface area (Å²) in [6, 6.07) is 0.207. The van der Waals surface area contributed by atoms with Crippen LogP contribution in [-0.4, -0.2) is 32.0 Å². The quantitative estimate of drug-likeness (QED) is 0.659. The van der Waals surface area contributed by atoms with Crippen LogP contribution in [0.2, 0.25) is 0 Å². The first-order valence-electron chi connectivity index (χ1n) is 4.83. The second-order valence-corrected chi connectivity index (χ2v) is 3.75. The van der Waals surface area contributed by atoms with Gasteiger partial charge in [0.1, 0.15) is 0 Å². The van der Waals surface area contributed by atoms with Crippen LogP contribution in [0.25, 0.3) is 0 Å². The zero-order chi connectivity index (χ0) is 8.39. The van der Waals surface area contributed by atoms with E-state index in [1.165, 1.54) is 19.3 Å². The lowest BCUT2D eigenvalue weighted by molar-refractivity contribution is -0.107. The third kappa shape index (κ3) is 1.63. The summed E-state index contributed by atoms with van der Waals surface area (Å²) in [5.74, 6) is 0.691. The maximum Gasteiger partial charge on any atom is 0.0962 e. The average Bonchev–Trinajstić information content (AvgIpc) is 2.03. The Morgan fingerprint density at radius 2 is 2.08 bits per heavy atom. The molecule has 0 spiro atoms. The smallest absolute Gasteiger partial charge is 0.0962 e. The van der Waals surface area contributed by atoms with E-state index in [9.17, 15) is 0 Å². The van der Waals surface area contributed by atoms with Crippen molar-refractivity contribution < 1.29 is 9.47 Å². The fraction of sp³-hybridized carbons (Fsp3) is 1.00. The van der Waals surface area contributed by atoms with Gasteiger partial charge in [0, 0.05) is 6.04 Å². The third-order valence-electron chi connectivity index (χ3n) is 2.97. The maximum atomic E-state index is 6.05. The van der Waals surface area contributed by atoms with Gasteiger partial charge in [-0.25, -0.2) is 0 Å². The minimum absolute atomic E-state index is 0.157. The molecular weight excluding hydrogens is 154 g/mol. The van der Waals surface area contributed by atoms with Crippen LogP contribution >= 0.6 is 0 Å². The minimum atomic E-state index is 0.157. The lowest BCUT2D eigenvalue weighted by Crippen LogP contribution is -2.49. The molecule has 1 saturated carbocycles. The van der Waals surface area contributed by atoms with Gasteiger partial charge >= 0.3 is 0 Å². The molecular formula is C9H17NO2. The average molecular weight is 171 g/mol. The Bertz CT molecular complexity index is 141. The van der Waals surface area contributed by atoms with Gasteiger partial charge in [-0.05, 0) is 18.8 Å². The molecule has 2 rings (SSSR count). The summed E-state index contributed by atoms with van der Waals surface area (Å²) in [4.78, 5) is 0. The van der Waals surface area contributed by atoms with Crippen molar-refractivity contribution in [3.63, 3.8) is 0 Å². The van der Waals surface area contributed by atoms with Crippen LogP contribution in [0.1, 0.15) is 19.3 Å². The zero-order valence-electron chi connectivity index (χ0n) is 7.37. The molecule has 2 N–H and O–H groups in total. The predicted molar refractivity (Wildman–Crippen MR) is 45.9 cm³/mol. The fourth-order valence-corrected chi connectivity index (χ4v) is 1.86. The van der Waals surface area contributed by atoms with E-state index in [-0.39, 0.29) is 12.1 Å². The Morgan fingerprint density at radius 1 is 1.25 bits per heavy atom. The standard InChI is InChI=1S/C9H17NO2/c10-9(7-2-1-3-7)8-6-11-4-5-12-8/h7-9H,1-6,10H2. The summed E-state index contributed by atoms with van der Waals surface area (Å²) in [5.41, 5.74) is 6.05. The van der Waals surface area contributed by atoms with E-state index in [4.69, 9.17) is 15.2 Å². The first-order chi connectivity index (χ1) is 5.88. The Labute approximate surface area is 73.2 Å². The summed E-state index contributed by atoms with van der Waals surface area (Å²) in [7, 11) is 0. The van der Waals surface area contributed by atoms with Gasteiger partial charge < -0.3 is 15.2 Å². The highest BCUT2D eigenvalue weighted by Gasteiger charge is 2.32. The van der Waals surface area contributed by atoms with E-state index in [2.05, 4.69) is 0 Å². The van der Waals surface area contributed by atoms with Crippen LogP contribution in [0.5, 0.6) is 0 Å². The number of hydrogen-bond donors (Lipinski definition) is 1. The molecule has 0 bridgehead atoms. The topological polar surface area (TPSA) is 44.5 Å². The molecule has 0 aromatic rings. The van der Waals surface area contributed by atoms with Crippen LogP contribution in [0.4, 0.5) is 0 Å². The van der Waals surface area contributed by atoms with Gasteiger partial charge in [-0.2, -0.15) is 0 Å². The molecule has 2 fully saturated rings. The van der Waals surface area contributed by atoms with Gasteiger partial charge in [0.05, 0.1) is 25.9 Å². The van der Waals surface area contributed by atoms with E-state index in [0.29, 0.717) is 19.1 Å². The molecule has 0 aromatic heterocycles. The molecule has 2 unspecified atom stereocenters.